The van der Waals surface area contributed by atoms with Crippen molar-refractivity contribution < 1.29 is 27.1 Å². The van der Waals surface area contributed by atoms with Crippen LogP contribution in [0.2, 0.25) is 0 Å². The molecule has 0 aliphatic carbocycles. The van der Waals surface area contributed by atoms with Gasteiger partial charge in [-0.25, -0.2) is 12.8 Å². The van der Waals surface area contributed by atoms with Gasteiger partial charge in [0.05, 0.1) is 10.6 Å². The number of halogens is 1. The molecule has 1 N–H and O–H groups in total. The van der Waals surface area contributed by atoms with Crippen molar-refractivity contribution in [3.63, 3.8) is 0 Å². The van der Waals surface area contributed by atoms with Crippen molar-refractivity contribution in [3.8, 4) is 11.5 Å². The molecule has 2 aromatic rings. The molecule has 0 fully saturated rings. The number of benzene rings is 2. The molecule has 0 radical (unpaired) electrons. The van der Waals surface area contributed by atoms with Crippen LogP contribution in [0.5, 0.6) is 11.5 Å². The maximum absolute atomic E-state index is 13.8. The van der Waals surface area contributed by atoms with E-state index in [0.29, 0.717) is 31.3 Å². The zero-order valence-electron chi connectivity index (χ0n) is 16.1. The molecule has 0 atom stereocenters. The fourth-order valence-electron chi connectivity index (χ4n) is 2.85. The second-order valence-electron chi connectivity index (χ2n) is 6.50. The SMILES string of the molecule is CCCCNC(=O)CN(c1cccc(F)c1)S(=O)(=O)c1ccc2c(c1)OCCO2. The summed E-state index contributed by atoms with van der Waals surface area (Å²) in [5.74, 6) is -0.311. The Morgan fingerprint density at radius 1 is 1.14 bits per heavy atom. The average Bonchev–Trinajstić information content (AvgIpc) is 2.71. The average molecular weight is 422 g/mol. The molecule has 3 rings (SSSR count). The molecule has 0 bridgehead atoms. The van der Waals surface area contributed by atoms with Crippen LogP contribution in [0.15, 0.2) is 47.4 Å². The van der Waals surface area contributed by atoms with Gasteiger partial charge < -0.3 is 14.8 Å². The van der Waals surface area contributed by atoms with Gasteiger partial charge in [-0.05, 0) is 36.8 Å². The van der Waals surface area contributed by atoms with Gasteiger partial charge in [0.25, 0.3) is 10.0 Å². The maximum atomic E-state index is 13.8. The van der Waals surface area contributed by atoms with Gasteiger partial charge in [0, 0.05) is 12.6 Å². The van der Waals surface area contributed by atoms with Crippen LogP contribution in [0.4, 0.5) is 10.1 Å². The summed E-state index contributed by atoms with van der Waals surface area (Å²) >= 11 is 0. The quantitative estimate of drug-likeness (QED) is 0.662. The number of anilines is 1. The zero-order chi connectivity index (χ0) is 20.9. The number of carbonyl (C=O) groups is 1. The highest BCUT2D eigenvalue weighted by Gasteiger charge is 2.29. The third-order valence-electron chi connectivity index (χ3n) is 4.34. The number of hydrogen-bond donors (Lipinski definition) is 1. The Hall–Kier alpha value is -2.81. The number of sulfonamides is 1. The van der Waals surface area contributed by atoms with Crippen LogP contribution in [0.3, 0.4) is 0 Å². The number of unbranched alkanes of at least 4 members (excludes halogenated alkanes) is 1. The van der Waals surface area contributed by atoms with E-state index in [1.807, 2.05) is 6.92 Å². The topological polar surface area (TPSA) is 84.9 Å². The summed E-state index contributed by atoms with van der Waals surface area (Å²) in [4.78, 5) is 12.3. The van der Waals surface area contributed by atoms with Crippen molar-refractivity contribution in [2.75, 3.05) is 30.6 Å². The first-order valence-corrected chi connectivity index (χ1v) is 10.8. The van der Waals surface area contributed by atoms with Crippen molar-refractivity contribution in [2.24, 2.45) is 0 Å². The number of rotatable bonds is 8. The predicted octanol–water partition coefficient (Wildman–Crippen LogP) is 2.71. The number of fused-ring (bicyclic) bond motifs is 1. The third-order valence-corrected chi connectivity index (χ3v) is 6.11. The number of carbonyl (C=O) groups excluding carboxylic acids is 1. The molecule has 0 saturated heterocycles. The molecule has 1 amide bonds. The fraction of sp³-hybridized carbons (Fsp3) is 0.350. The number of nitrogens with one attached hydrogen (secondary N) is 1. The summed E-state index contributed by atoms with van der Waals surface area (Å²) in [5.41, 5.74) is 0.0607. The van der Waals surface area contributed by atoms with Crippen molar-refractivity contribution in [1.29, 1.82) is 0 Å². The normalized spacial score (nSPS) is 13.0. The van der Waals surface area contributed by atoms with E-state index in [-0.39, 0.29) is 10.6 Å². The van der Waals surface area contributed by atoms with Gasteiger partial charge in [-0.2, -0.15) is 0 Å². The number of nitrogens with zero attached hydrogens (tertiary/aromatic N) is 1. The van der Waals surface area contributed by atoms with Gasteiger partial charge in [0.2, 0.25) is 5.91 Å². The molecule has 1 aliphatic heterocycles. The third kappa shape index (κ3) is 4.97. The molecule has 1 aliphatic rings. The number of ether oxygens (including phenoxy) is 2. The molecular weight excluding hydrogens is 399 g/mol. The van der Waals surface area contributed by atoms with Gasteiger partial charge in [-0.15, -0.1) is 0 Å². The molecule has 0 spiro atoms. The molecule has 2 aromatic carbocycles. The van der Waals surface area contributed by atoms with Crippen LogP contribution >= 0.6 is 0 Å². The minimum Gasteiger partial charge on any atom is -0.486 e. The summed E-state index contributed by atoms with van der Waals surface area (Å²) in [6.07, 6.45) is 1.67. The molecule has 156 valence electrons. The Kier molecular flexibility index (Phi) is 6.58. The van der Waals surface area contributed by atoms with E-state index >= 15 is 0 Å². The maximum Gasteiger partial charge on any atom is 0.264 e. The summed E-state index contributed by atoms with van der Waals surface area (Å²) in [5, 5.41) is 2.69. The lowest BCUT2D eigenvalue weighted by Gasteiger charge is -2.25. The largest absolute Gasteiger partial charge is 0.486 e. The van der Waals surface area contributed by atoms with Crippen molar-refractivity contribution in [3.05, 3.63) is 48.3 Å². The highest BCUT2D eigenvalue weighted by molar-refractivity contribution is 7.92. The predicted molar refractivity (Wildman–Crippen MR) is 106 cm³/mol. The van der Waals surface area contributed by atoms with Gasteiger partial charge in [-0.3, -0.25) is 9.10 Å². The number of amides is 1. The van der Waals surface area contributed by atoms with E-state index in [1.165, 1.54) is 36.4 Å². The van der Waals surface area contributed by atoms with Gasteiger partial charge in [0.15, 0.2) is 11.5 Å². The smallest absolute Gasteiger partial charge is 0.264 e. The standard InChI is InChI=1S/C20H23FN2O5S/c1-2-3-9-22-20(24)14-23(16-6-4-5-15(21)12-16)29(25,26)17-7-8-18-19(13-17)28-11-10-27-18/h4-8,12-13H,2-3,9-11,14H2,1H3,(H,22,24). The summed E-state index contributed by atoms with van der Waals surface area (Å²) in [7, 11) is -4.16. The van der Waals surface area contributed by atoms with Crippen molar-refractivity contribution in [1.82, 2.24) is 5.32 Å². The van der Waals surface area contributed by atoms with E-state index in [4.69, 9.17) is 9.47 Å². The Labute approximate surface area is 169 Å². The van der Waals surface area contributed by atoms with E-state index < -0.39 is 28.3 Å². The Morgan fingerprint density at radius 3 is 2.62 bits per heavy atom. The second-order valence-corrected chi connectivity index (χ2v) is 8.36. The molecule has 9 heteroatoms. The molecular formula is C20H23FN2O5S. The summed E-state index contributed by atoms with van der Waals surface area (Å²) < 4.78 is 52.2. The lowest BCUT2D eigenvalue weighted by atomic mass is 10.3. The van der Waals surface area contributed by atoms with Crippen molar-refractivity contribution in [2.45, 2.75) is 24.7 Å². The number of hydrogen-bond acceptors (Lipinski definition) is 5. The molecule has 29 heavy (non-hydrogen) atoms. The first-order valence-electron chi connectivity index (χ1n) is 9.36. The Morgan fingerprint density at radius 2 is 1.90 bits per heavy atom. The molecule has 0 unspecified atom stereocenters. The highest BCUT2D eigenvalue weighted by atomic mass is 32.2. The minimum atomic E-state index is -4.16. The molecule has 0 aromatic heterocycles. The van der Waals surface area contributed by atoms with Crippen LogP contribution in [0.25, 0.3) is 0 Å². The van der Waals surface area contributed by atoms with Crippen LogP contribution in [-0.2, 0) is 14.8 Å². The lowest BCUT2D eigenvalue weighted by Crippen LogP contribution is -2.41. The lowest BCUT2D eigenvalue weighted by molar-refractivity contribution is -0.119. The van der Waals surface area contributed by atoms with Gasteiger partial charge in [0.1, 0.15) is 25.6 Å². The first kappa shape index (κ1) is 20.9. The molecule has 0 saturated carbocycles. The molecule has 1 heterocycles. The van der Waals surface area contributed by atoms with Crippen LogP contribution < -0.4 is 19.1 Å². The Balaban J connectivity index is 1.94. The van der Waals surface area contributed by atoms with Gasteiger partial charge in [-0.1, -0.05) is 19.4 Å². The van der Waals surface area contributed by atoms with E-state index in [1.54, 1.807) is 0 Å². The summed E-state index contributed by atoms with van der Waals surface area (Å²) in [6.45, 7) is 2.65. The monoisotopic (exact) mass is 422 g/mol. The summed E-state index contributed by atoms with van der Waals surface area (Å²) in [6, 6.07) is 9.36. The first-order chi connectivity index (χ1) is 13.9. The van der Waals surface area contributed by atoms with Crippen LogP contribution in [-0.4, -0.2) is 40.6 Å². The van der Waals surface area contributed by atoms with Gasteiger partial charge >= 0.3 is 0 Å². The molecule has 7 nitrogen and oxygen atoms in total. The Bertz CT molecular complexity index is 981. The zero-order valence-corrected chi connectivity index (χ0v) is 16.9. The second kappa shape index (κ2) is 9.13. The van der Waals surface area contributed by atoms with E-state index in [2.05, 4.69) is 5.32 Å². The van der Waals surface area contributed by atoms with Crippen LogP contribution in [0.1, 0.15) is 19.8 Å². The van der Waals surface area contributed by atoms with E-state index in [9.17, 15) is 17.6 Å². The van der Waals surface area contributed by atoms with E-state index in [0.717, 1.165) is 23.2 Å². The van der Waals surface area contributed by atoms with Crippen LogP contribution in [0, 0.1) is 5.82 Å². The fourth-order valence-corrected chi connectivity index (χ4v) is 4.28. The highest BCUT2D eigenvalue weighted by Crippen LogP contribution is 2.34. The minimum absolute atomic E-state index is 0.0607. The van der Waals surface area contributed by atoms with Crippen molar-refractivity contribution >= 4 is 21.6 Å².